The van der Waals surface area contributed by atoms with Gasteiger partial charge < -0.3 is 18.6 Å². The molecule has 2 saturated heterocycles. The van der Waals surface area contributed by atoms with E-state index in [9.17, 15) is 0 Å². The minimum Gasteiger partial charge on any atom is -0.408 e. The largest absolute Gasteiger partial charge is 0.485 e. The summed E-state index contributed by atoms with van der Waals surface area (Å²) in [5, 5.41) is 1.02. The first-order valence-electron chi connectivity index (χ1n) is 7.58. The maximum Gasteiger partial charge on any atom is 0.485 e. The minimum absolute atomic E-state index is 0.279. The Labute approximate surface area is 117 Å². The molecule has 6 heteroatoms. The van der Waals surface area contributed by atoms with E-state index in [1.807, 2.05) is 0 Å². The Morgan fingerprint density at radius 2 is 1.42 bits per heavy atom. The van der Waals surface area contributed by atoms with Gasteiger partial charge in [0.1, 0.15) is 0 Å². The fraction of sp³-hybridized carbons (Fsp3) is 0.846. The Morgan fingerprint density at radius 3 is 1.89 bits per heavy atom. The van der Waals surface area contributed by atoms with E-state index < -0.39 is 0 Å². The average Bonchev–Trinajstić information content (AvgIpc) is 2.49. The molecular weight excluding hydrogens is 242 g/mol. The third-order valence-electron chi connectivity index (χ3n) is 3.39. The summed E-state index contributed by atoms with van der Waals surface area (Å²) in [4.78, 5) is 0. The highest BCUT2D eigenvalue weighted by molar-refractivity contribution is 6.77. The van der Waals surface area contributed by atoms with E-state index in [1.165, 1.54) is 19.3 Å². The molecule has 0 bridgehead atoms. The summed E-state index contributed by atoms with van der Waals surface area (Å²) in [7, 11) is -0.558. The van der Waals surface area contributed by atoms with Crippen molar-refractivity contribution in [1.29, 1.82) is 0 Å². The van der Waals surface area contributed by atoms with E-state index in [4.69, 9.17) is 18.6 Å². The van der Waals surface area contributed by atoms with Crippen molar-refractivity contribution in [1.82, 2.24) is 0 Å². The summed E-state index contributed by atoms with van der Waals surface area (Å²) < 4.78 is 22.8. The van der Waals surface area contributed by atoms with Gasteiger partial charge in [-0.1, -0.05) is 25.8 Å². The van der Waals surface area contributed by atoms with Gasteiger partial charge in [-0.05, 0) is 31.1 Å². The van der Waals surface area contributed by atoms with E-state index in [0.29, 0.717) is 0 Å². The van der Waals surface area contributed by atoms with Gasteiger partial charge in [0.2, 0.25) is 0 Å². The SMILES string of the molecule is CCCCCC=C(B1OCCCO1)B1OCCCO1. The molecule has 2 fully saturated rings. The van der Waals surface area contributed by atoms with E-state index >= 15 is 0 Å². The fourth-order valence-corrected chi connectivity index (χ4v) is 2.33. The minimum atomic E-state index is -0.279. The zero-order valence-electron chi connectivity index (χ0n) is 11.9. The fourth-order valence-electron chi connectivity index (χ4n) is 2.33. The van der Waals surface area contributed by atoms with Crippen LogP contribution in [-0.4, -0.2) is 40.7 Å². The molecule has 19 heavy (non-hydrogen) atoms. The van der Waals surface area contributed by atoms with Crippen LogP contribution in [0, 0.1) is 0 Å². The molecule has 0 amide bonds. The van der Waals surface area contributed by atoms with Crippen molar-refractivity contribution >= 4 is 14.2 Å². The Morgan fingerprint density at radius 1 is 0.895 bits per heavy atom. The molecule has 0 N–H and O–H groups in total. The number of hydrogen-bond donors (Lipinski definition) is 0. The van der Waals surface area contributed by atoms with Crippen molar-refractivity contribution in [2.75, 3.05) is 26.4 Å². The van der Waals surface area contributed by atoms with Gasteiger partial charge in [-0.25, -0.2) is 0 Å². The van der Waals surface area contributed by atoms with Crippen LogP contribution >= 0.6 is 0 Å². The van der Waals surface area contributed by atoms with E-state index in [2.05, 4.69) is 13.0 Å². The molecule has 2 heterocycles. The molecular formula is C13H24B2O4. The summed E-state index contributed by atoms with van der Waals surface area (Å²) in [5.41, 5.74) is 0. The van der Waals surface area contributed by atoms with Crippen molar-refractivity contribution in [3.63, 3.8) is 0 Å². The Kier molecular flexibility index (Phi) is 6.99. The maximum atomic E-state index is 5.70. The second-order valence-electron chi connectivity index (χ2n) is 5.05. The predicted octanol–water partition coefficient (Wildman–Crippen LogP) is 2.42. The molecule has 4 nitrogen and oxygen atoms in total. The molecule has 0 spiro atoms. The molecule has 0 aromatic carbocycles. The maximum absolute atomic E-state index is 5.70. The summed E-state index contributed by atoms with van der Waals surface area (Å²) >= 11 is 0. The number of hydrogen-bond acceptors (Lipinski definition) is 4. The van der Waals surface area contributed by atoms with Crippen LogP contribution in [0.15, 0.2) is 11.4 Å². The Hall–Kier alpha value is -0.290. The number of allylic oxidation sites excluding steroid dienone is 1. The molecule has 2 aliphatic heterocycles. The second-order valence-corrected chi connectivity index (χ2v) is 5.05. The number of unbranched alkanes of at least 4 members (excludes halogenated alkanes) is 3. The van der Waals surface area contributed by atoms with Gasteiger partial charge in [-0.3, -0.25) is 0 Å². The summed E-state index contributed by atoms with van der Waals surface area (Å²) in [5.74, 6) is 0. The highest BCUT2D eigenvalue weighted by atomic mass is 16.6. The second kappa shape index (κ2) is 8.80. The topological polar surface area (TPSA) is 36.9 Å². The van der Waals surface area contributed by atoms with Crippen LogP contribution in [0.25, 0.3) is 0 Å². The highest BCUT2D eigenvalue weighted by Crippen LogP contribution is 2.19. The first kappa shape index (κ1) is 15.1. The summed E-state index contributed by atoms with van der Waals surface area (Å²) in [6.45, 7) is 5.23. The zero-order valence-corrected chi connectivity index (χ0v) is 11.9. The average molecular weight is 266 g/mol. The Balaban J connectivity index is 1.94. The third kappa shape index (κ3) is 4.95. The highest BCUT2D eigenvalue weighted by Gasteiger charge is 2.38. The predicted molar refractivity (Wildman–Crippen MR) is 76.8 cm³/mol. The lowest BCUT2D eigenvalue weighted by molar-refractivity contribution is 0.127. The van der Waals surface area contributed by atoms with Gasteiger partial charge >= 0.3 is 14.2 Å². The third-order valence-corrected chi connectivity index (χ3v) is 3.39. The van der Waals surface area contributed by atoms with Crippen molar-refractivity contribution in [3.05, 3.63) is 11.4 Å². The van der Waals surface area contributed by atoms with Crippen LogP contribution in [0.2, 0.25) is 0 Å². The molecule has 0 aromatic heterocycles. The quantitative estimate of drug-likeness (QED) is 0.546. The van der Waals surface area contributed by atoms with Crippen LogP contribution in [0.1, 0.15) is 45.4 Å². The molecule has 0 aliphatic carbocycles. The Bertz CT molecular complexity index is 254. The lowest BCUT2D eigenvalue weighted by Gasteiger charge is -2.27. The normalized spacial score (nSPS) is 20.5. The van der Waals surface area contributed by atoms with Crippen LogP contribution in [0.5, 0.6) is 0 Å². The zero-order chi connectivity index (χ0) is 13.3. The van der Waals surface area contributed by atoms with Crippen molar-refractivity contribution in [2.45, 2.75) is 45.4 Å². The molecule has 0 saturated carbocycles. The van der Waals surface area contributed by atoms with E-state index in [-0.39, 0.29) is 14.2 Å². The first-order valence-corrected chi connectivity index (χ1v) is 7.58. The summed E-state index contributed by atoms with van der Waals surface area (Å²) in [6, 6.07) is 0. The molecule has 0 radical (unpaired) electrons. The van der Waals surface area contributed by atoms with Crippen LogP contribution in [0.4, 0.5) is 0 Å². The molecule has 106 valence electrons. The van der Waals surface area contributed by atoms with E-state index in [0.717, 1.165) is 51.1 Å². The summed E-state index contributed by atoms with van der Waals surface area (Å²) in [6.07, 6.45) is 8.84. The van der Waals surface area contributed by atoms with Crippen molar-refractivity contribution in [2.24, 2.45) is 0 Å². The van der Waals surface area contributed by atoms with Crippen molar-refractivity contribution in [3.8, 4) is 0 Å². The van der Waals surface area contributed by atoms with Gasteiger partial charge in [0.25, 0.3) is 0 Å². The lowest BCUT2D eigenvalue weighted by atomic mass is 9.56. The van der Waals surface area contributed by atoms with Crippen LogP contribution < -0.4 is 0 Å². The molecule has 0 aromatic rings. The molecule has 0 atom stereocenters. The van der Waals surface area contributed by atoms with Gasteiger partial charge in [0.05, 0.1) is 0 Å². The smallest absolute Gasteiger partial charge is 0.408 e. The molecule has 2 aliphatic rings. The molecule has 2 rings (SSSR count). The monoisotopic (exact) mass is 266 g/mol. The standard InChI is InChI=1S/C13H24B2O4/c1-2-3-4-5-8-13(14-16-9-6-10-17-14)15-18-11-7-12-19-15/h8H,2-7,9-12H2,1H3. The van der Waals surface area contributed by atoms with Gasteiger partial charge in [0, 0.05) is 26.4 Å². The van der Waals surface area contributed by atoms with Crippen LogP contribution in [0.3, 0.4) is 0 Å². The number of rotatable bonds is 6. The van der Waals surface area contributed by atoms with Gasteiger partial charge in [0.15, 0.2) is 0 Å². The first-order chi connectivity index (χ1) is 9.42. The van der Waals surface area contributed by atoms with Crippen molar-refractivity contribution < 1.29 is 18.6 Å². The van der Waals surface area contributed by atoms with E-state index in [1.54, 1.807) is 0 Å². The van der Waals surface area contributed by atoms with Crippen LogP contribution in [-0.2, 0) is 18.6 Å². The molecule has 0 unspecified atom stereocenters. The van der Waals surface area contributed by atoms with Gasteiger partial charge in [-0.2, -0.15) is 0 Å². The lowest BCUT2D eigenvalue weighted by Crippen LogP contribution is -2.43. The van der Waals surface area contributed by atoms with Gasteiger partial charge in [-0.15, -0.1) is 0 Å².